The average molecular weight is 406 g/mol. The molecule has 8 nitrogen and oxygen atoms in total. The molecule has 1 aromatic heterocycles. The molecule has 2 atom stereocenters. The fourth-order valence-corrected chi connectivity index (χ4v) is 5.99. The first-order valence-corrected chi connectivity index (χ1v) is 10.6. The molecule has 2 aromatic rings. The van der Waals surface area contributed by atoms with E-state index in [2.05, 4.69) is 9.97 Å². The molecule has 0 radical (unpaired) electrons. The number of piperidine rings is 1. The second-order valence-electron chi connectivity index (χ2n) is 7.11. The number of ether oxygens (including phenoxy) is 2. The van der Waals surface area contributed by atoms with Gasteiger partial charge < -0.3 is 14.4 Å². The standard InChI is InChI=1S/C18H19FN4O4S/c1-2-14-17(19)18(21-9-20-14)22-7-11-5-12(8-22)23(11)28(24,25)13-3-4-15-16(6-13)27-10-26-15/h3-4,6,9,11-12H,2,5,7-8,10H2,1H3. The molecule has 0 aliphatic carbocycles. The Morgan fingerprint density at radius 1 is 1.18 bits per heavy atom. The number of piperazine rings is 1. The van der Waals surface area contributed by atoms with E-state index in [0.29, 0.717) is 36.7 Å². The van der Waals surface area contributed by atoms with Gasteiger partial charge in [-0.05, 0) is 25.0 Å². The minimum absolute atomic E-state index is 0.0903. The van der Waals surface area contributed by atoms with E-state index in [1.165, 1.54) is 22.8 Å². The zero-order chi connectivity index (χ0) is 19.5. The summed E-state index contributed by atoms with van der Waals surface area (Å²) in [6.07, 6.45) is 2.60. The van der Waals surface area contributed by atoms with Crippen LogP contribution < -0.4 is 14.4 Å². The summed E-state index contributed by atoms with van der Waals surface area (Å²) in [5, 5.41) is 0. The minimum Gasteiger partial charge on any atom is -0.454 e. The monoisotopic (exact) mass is 406 g/mol. The number of fused-ring (bicyclic) bond motifs is 3. The van der Waals surface area contributed by atoms with Crippen molar-refractivity contribution in [2.45, 2.75) is 36.7 Å². The maximum atomic E-state index is 14.6. The van der Waals surface area contributed by atoms with Crippen molar-refractivity contribution in [2.24, 2.45) is 0 Å². The van der Waals surface area contributed by atoms with Crippen LogP contribution in [0.25, 0.3) is 0 Å². The van der Waals surface area contributed by atoms with Gasteiger partial charge in [0.25, 0.3) is 0 Å². The van der Waals surface area contributed by atoms with Crippen LogP contribution in [0.5, 0.6) is 11.5 Å². The highest BCUT2D eigenvalue weighted by Gasteiger charge is 2.52. The third-order valence-electron chi connectivity index (χ3n) is 5.52. The van der Waals surface area contributed by atoms with Crippen LogP contribution in [0.3, 0.4) is 0 Å². The first-order valence-electron chi connectivity index (χ1n) is 9.16. The Labute approximate surface area is 162 Å². The van der Waals surface area contributed by atoms with Gasteiger partial charge in [0.05, 0.1) is 10.6 Å². The van der Waals surface area contributed by atoms with Gasteiger partial charge in [0.2, 0.25) is 16.8 Å². The third kappa shape index (κ3) is 2.55. The summed E-state index contributed by atoms with van der Waals surface area (Å²) >= 11 is 0. The fraction of sp³-hybridized carbons (Fsp3) is 0.444. The molecule has 4 aliphatic rings. The quantitative estimate of drug-likeness (QED) is 0.762. The van der Waals surface area contributed by atoms with Gasteiger partial charge in [-0.1, -0.05) is 6.92 Å². The average Bonchev–Trinajstić information content (AvgIpc) is 3.15. The summed E-state index contributed by atoms with van der Waals surface area (Å²) in [5.74, 6) is 0.807. The van der Waals surface area contributed by atoms with Crippen molar-refractivity contribution in [2.75, 3.05) is 24.8 Å². The minimum atomic E-state index is -3.67. The number of hydrogen-bond donors (Lipinski definition) is 0. The number of benzene rings is 1. The third-order valence-corrected chi connectivity index (χ3v) is 7.52. The van der Waals surface area contributed by atoms with Crippen molar-refractivity contribution in [3.05, 3.63) is 36.0 Å². The van der Waals surface area contributed by atoms with E-state index in [4.69, 9.17) is 9.47 Å². The zero-order valence-electron chi connectivity index (χ0n) is 15.2. The van der Waals surface area contributed by atoms with Crippen LogP contribution in [0, 0.1) is 5.82 Å². The van der Waals surface area contributed by atoms with Gasteiger partial charge in [-0.25, -0.2) is 22.8 Å². The van der Waals surface area contributed by atoms with Crippen LogP contribution in [0.15, 0.2) is 29.4 Å². The molecular formula is C18H19FN4O4S. The molecular weight excluding hydrogens is 387 g/mol. The molecule has 3 saturated heterocycles. The van der Waals surface area contributed by atoms with E-state index in [-0.39, 0.29) is 29.6 Å². The molecule has 2 unspecified atom stereocenters. The van der Waals surface area contributed by atoms with Gasteiger partial charge in [0, 0.05) is 31.2 Å². The Bertz CT molecular complexity index is 1040. The molecule has 3 fully saturated rings. The Hall–Kier alpha value is -2.46. The number of rotatable bonds is 4. The zero-order valence-corrected chi connectivity index (χ0v) is 16.0. The van der Waals surface area contributed by atoms with Gasteiger partial charge in [0.15, 0.2) is 23.1 Å². The summed E-state index contributed by atoms with van der Waals surface area (Å²) in [7, 11) is -3.67. The Morgan fingerprint density at radius 2 is 1.93 bits per heavy atom. The molecule has 1 aromatic carbocycles. The molecule has 28 heavy (non-hydrogen) atoms. The van der Waals surface area contributed by atoms with Gasteiger partial charge in [-0.15, -0.1) is 0 Å². The van der Waals surface area contributed by atoms with E-state index in [0.717, 1.165) is 6.42 Å². The lowest BCUT2D eigenvalue weighted by Gasteiger charge is -2.55. The molecule has 4 aliphatic heterocycles. The summed E-state index contributed by atoms with van der Waals surface area (Å²) in [6.45, 7) is 2.73. The fourth-order valence-electron chi connectivity index (χ4n) is 4.16. The highest BCUT2D eigenvalue weighted by Crippen LogP contribution is 2.41. The molecule has 6 rings (SSSR count). The van der Waals surface area contributed by atoms with Crippen LogP contribution >= 0.6 is 0 Å². The van der Waals surface area contributed by atoms with E-state index >= 15 is 0 Å². The summed E-state index contributed by atoms with van der Waals surface area (Å²) in [4.78, 5) is 10.1. The van der Waals surface area contributed by atoms with Crippen LogP contribution in [0.4, 0.5) is 10.2 Å². The highest BCUT2D eigenvalue weighted by atomic mass is 32.2. The van der Waals surface area contributed by atoms with Gasteiger partial charge >= 0.3 is 0 Å². The molecule has 0 N–H and O–H groups in total. The van der Waals surface area contributed by atoms with Gasteiger partial charge in [0.1, 0.15) is 6.33 Å². The summed E-state index contributed by atoms with van der Waals surface area (Å²) in [6, 6.07) is 4.22. The lowest BCUT2D eigenvalue weighted by molar-refractivity contribution is 0.0870. The molecule has 5 heterocycles. The van der Waals surface area contributed by atoms with Crippen molar-refractivity contribution >= 4 is 15.8 Å². The number of hydrogen-bond acceptors (Lipinski definition) is 7. The lowest BCUT2D eigenvalue weighted by Crippen LogP contribution is -2.70. The maximum Gasteiger partial charge on any atom is 0.243 e. The first-order chi connectivity index (χ1) is 13.5. The molecule has 148 valence electrons. The van der Waals surface area contributed by atoms with E-state index in [9.17, 15) is 12.8 Å². The molecule has 0 saturated carbocycles. The number of nitrogens with zero attached hydrogens (tertiary/aromatic N) is 4. The summed E-state index contributed by atoms with van der Waals surface area (Å²) in [5.41, 5.74) is 0.370. The predicted octanol–water partition coefficient (Wildman–Crippen LogP) is 1.56. The number of halogens is 1. The Balaban J connectivity index is 1.39. The SMILES string of the molecule is CCc1ncnc(N2CC3CC(C2)N3S(=O)(=O)c2ccc3c(c2)OCO3)c1F. The number of sulfonamides is 1. The van der Waals surface area contributed by atoms with Crippen LogP contribution in [0.1, 0.15) is 19.0 Å². The van der Waals surface area contributed by atoms with Gasteiger partial charge in [-0.2, -0.15) is 4.31 Å². The molecule has 0 spiro atoms. The van der Waals surface area contributed by atoms with E-state index in [1.807, 2.05) is 11.8 Å². The summed E-state index contributed by atoms with van der Waals surface area (Å²) < 4.78 is 53.0. The second kappa shape index (κ2) is 6.28. The number of anilines is 1. The van der Waals surface area contributed by atoms with Crippen molar-refractivity contribution < 1.29 is 22.3 Å². The second-order valence-corrected chi connectivity index (χ2v) is 8.95. The smallest absolute Gasteiger partial charge is 0.243 e. The number of aromatic nitrogens is 2. The maximum absolute atomic E-state index is 14.6. The van der Waals surface area contributed by atoms with Gasteiger partial charge in [-0.3, -0.25) is 0 Å². The Kier molecular flexibility index (Phi) is 3.95. The molecule has 10 heteroatoms. The molecule has 0 amide bonds. The lowest BCUT2D eigenvalue weighted by atomic mass is 9.91. The van der Waals surface area contributed by atoms with Crippen LogP contribution in [-0.4, -0.2) is 54.7 Å². The van der Waals surface area contributed by atoms with Crippen molar-refractivity contribution in [1.82, 2.24) is 14.3 Å². The first kappa shape index (κ1) is 17.6. The van der Waals surface area contributed by atoms with Crippen molar-refractivity contribution in [3.8, 4) is 11.5 Å². The normalized spacial score (nSPS) is 23.6. The topological polar surface area (TPSA) is 84.9 Å². The Morgan fingerprint density at radius 3 is 2.68 bits per heavy atom. The van der Waals surface area contributed by atoms with E-state index in [1.54, 1.807) is 6.07 Å². The van der Waals surface area contributed by atoms with Crippen molar-refractivity contribution in [3.63, 3.8) is 0 Å². The highest BCUT2D eigenvalue weighted by molar-refractivity contribution is 7.89. The van der Waals surface area contributed by atoms with E-state index < -0.39 is 15.8 Å². The van der Waals surface area contributed by atoms with Crippen LogP contribution in [0.2, 0.25) is 0 Å². The largest absolute Gasteiger partial charge is 0.454 e. The molecule has 2 bridgehead atoms. The van der Waals surface area contributed by atoms with Crippen molar-refractivity contribution in [1.29, 1.82) is 0 Å². The number of aryl methyl sites for hydroxylation is 1. The predicted molar refractivity (Wildman–Crippen MR) is 97.4 cm³/mol. The van der Waals surface area contributed by atoms with Crippen LogP contribution in [-0.2, 0) is 16.4 Å².